The fraction of sp³-hybridized carbons (Fsp3) is 0.312. The van der Waals surface area contributed by atoms with Crippen molar-refractivity contribution in [3.05, 3.63) is 57.3 Å². The van der Waals surface area contributed by atoms with Gasteiger partial charge in [-0.25, -0.2) is 0 Å². The molecule has 1 aromatic carbocycles. The average Bonchev–Trinajstić information content (AvgIpc) is 2.87. The highest BCUT2D eigenvalue weighted by Crippen LogP contribution is 2.32. The number of nitrogens with zero attached hydrogens (tertiary/aromatic N) is 1. The molecule has 0 unspecified atom stereocenters. The zero-order chi connectivity index (χ0) is 13.9. The first kappa shape index (κ1) is 13.6. The molecular weight excluding hydrogens is 316 g/mol. The number of aromatic nitrogens is 1. The zero-order valence-electron chi connectivity index (χ0n) is 11.4. The van der Waals surface area contributed by atoms with Gasteiger partial charge in [0.25, 0.3) is 0 Å². The second-order valence-corrected chi connectivity index (χ2v) is 6.04. The Morgan fingerprint density at radius 1 is 1.25 bits per heavy atom. The molecule has 0 atom stereocenters. The molecule has 2 aromatic rings. The third-order valence-electron chi connectivity index (χ3n) is 3.40. The highest BCUT2D eigenvalue weighted by atomic mass is 79.9. The van der Waals surface area contributed by atoms with Crippen molar-refractivity contribution in [1.29, 1.82) is 0 Å². The predicted octanol–water partition coefficient (Wildman–Crippen LogP) is 3.38. The van der Waals surface area contributed by atoms with Crippen molar-refractivity contribution in [2.75, 3.05) is 6.61 Å². The summed E-state index contributed by atoms with van der Waals surface area (Å²) in [7, 11) is 0. The molecular formula is C16H17BrN2O. The maximum Gasteiger partial charge on any atom is 0.127 e. The molecule has 2 heterocycles. The van der Waals surface area contributed by atoms with Crippen LogP contribution in [0.2, 0.25) is 0 Å². The van der Waals surface area contributed by atoms with E-state index in [-0.39, 0.29) is 0 Å². The maximum atomic E-state index is 5.73. The summed E-state index contributed by atoms with van der Waals surface area (Å²) in [6.45, 7) is 4.47. The molecule has 0 saturated carbocycles. The van der Waals surface area contributed by atoms with Crippen LogP contribution in [0, 0.1) is 6.92 Å². The van der Waals surface area contributed by atoms with E-state index in [4.69, 9.17) is 4.74 Å². The first-order chi connectivity index (χ1) is 9.72. The summed E-state index contributed by atoms with van der Waals surface area (Å²) in [5.41, 5.74) is 4.91. The number of ether oxygens (including phenoxy) is 1. The van der Waals surface area contributed by atoms with Crippen LogP contribution in [0.5, 0.6) is 5.75 Å². The van der Waals surface area contributed by atoms with Crippen LogP contribution < -0.4 is 10.1 Å². The molecule has 4 heteroatoms. The minimum Gasteiger partial charge on any atom is -0.493 e. The van der Waals surface area contributed by atoms with Gasteiger partial charge >= 0.3 is 0 Å². The number of hydrogen-bond donors (Lipinski definition) is 1. The average molecular weight is 333 g/mol. The number of nitrogens with one attached hydrogen (secondary N) is 1. The fourth-order valence-electron chi connectivity index (χ4n) is 2.53. The van der Waals surface area contributed by atoms with E-state index in [0.29, 0.717) is 0 Å². The van der Waals surface area contributed by atoms with Gasteiger partial charge in [0.1, 0.15) is 5.75 Å². The summed E-state index contributed by atoms with van der Waals surface area (Å²) in [5, 5.41) is 3.46. The number of aryl methyl sites for hydroxylation is 1. The minimum atomic E-state index is 0.792. The van der Waals surface area contributed by atoms with Crippen LogP contribution in [0.4, 0.5) is 0 Å². The fourth-order valence-corrected chi connectivity index (χ4v) is 3.09. The van der Waals surface area contributed by atoms with Crippen LogP contribution in [0.15, 0.2) is 35.1 Å². The summed E-state index contributed by atoms with van der Waals surface area (Å²) < 4.78 is 6.85. The maximum absolute atomic E-state index is 5.73. The monoisotopic (exact) mass is 332 g/mol. The molecule has 0 fully saturated rings. The lowest BCUT2D eigenvalue weighted by atomic mass is 10.1. The first-order valence-electron chi connectivity index (χ1n) is 6.78. The van der Waals surface area contributed by atoms with E-state index in [9.17, 15) is 0 Å². The molecule has 0 amide bonds. The Hall–Kier alpha value is -1.39. The van der Waals surface area contributed by atoms with E-state index in [0.717, 1.165) is 36.3 Å². The highest BCUT2D eigenvalue weighted by molar-refractivity contribution is 9.10. The van der Waals surface area contributed by atoms with Gasteiger partial charge in [0.15, 0.2) is 0 Å². The molecule has 3 nitrogen and oxygen atoms in total. The first-order valence-corrected chi connectivity index (χ1v) is 7.57. The van der Waals surface area contributed by atoms with E-state index in [1.165, 1.54) is 22.3 Å². The SMILES string of the molecule is Cc1cncc(CNCc2cc(Br)cc3c2OCC3)c1. The van der Waals surface area contributed by atoms with Crippen molar-refractivity contribution < 1.29 is 4.74 Å². The third kappa shape index (κ3) is 3.02. The Labute approximate surface area is 127 Å². The van der Waals surface area contributed by atoms with Crippen LogP contribution >= 0.6 is 15.9 Å². The number of pyridine rings is 1. The van der Waals surface area contributed by atoms with Crippen molar-refractivity contribution >= 4 is 15.9 Å². The van der Waals surface area contributed by atoms with Crippen molar-refractivity contribution in [2.24, 2.45) is 0 Å². The van der Waals surface area contributed by atoms with E-state index in [1.807, 2.05) is 12.4 Å². The molecule has 0 spiro atoms. The van der Waals surface area contributed by atoms with Crippen molar-refractivity contribution in [1.82, 2.24) is 10.3 Å². The van der Waals surface area contributed by atoms with Gasteiger partial charge < -0.3 is 10.1 Å². The van der Waals surface area contributed by atoms with E-state index in [1.54, 1.807) is 0 Å². The molecule has 1 aliphatic rings. The largest absolute Gasteiger partial charge is 0.493 e. The number of rotatable bonds is 4. The van der Waals surface area contributed by atoms with Gasteiger partial charge in [0.05, 0.1) is 6.61 Å². The molecule has 0 aliphatic carbocycles. The molecule has 1 aromatic heterocycles. The lowest BCUT2D eigenvalue weighted by Gasteiger charge is -2.10. The quantitative estimate of drug-likeness (QED) is 0.931. The Kier molecular flexibility index (Phi) is 4.03. The summed E-state index contributed by atoms with van der Waals surface area (Å²) in [6, 6.07) is 6.43. The smallest absolute Gasteiger partial charge is 0.127 e. The summed E-state index contributed by atoms with van der Waals surface area (Å²) in [5.74, 6) is 1.06. The van der Waals surface area contributed by atoms with Crippen LogP contribution in [0.25, 0.3) is 0 Å². The summed E-state index contributed by atoms with van der Waals surface area (Å²) in [6.07, 6.45) is 4.78. The van der Waals surface area contributed by atoms with Gasteiger partial charge in [0, 0.05) is 41.9 Å². The molecule has 0 radical (unpaired) electrons. The van der Waals surface area contributed by atoms with E-state index in [2.05, 4.69) is 51.4 Å². The second-order valence-electron chi connectivity index (χ2n) is 5.13. The lowest BCUT2D eigenvalue weighted by Crippen LogP contribution is -2.13. The van der Waals surface area contributed by atoms with Gasteiger partial charge in [0.2, 0.25) is 0 Å². The number of benzene rings is 1. The lowest BCUT2D eigenvalue weighted by molar-refractivity contribution is 0.352. The summed E-state index contributed by atoms with van der Waals surface area (Å²) in [4.78, 5) is 4.21. The number of halogens is 1. The van der Waals surface area contributed by atoms with Gasteiger partial charge in [-0.1, -0.05) is 22.0 Å². The molecule has 3 rings (SSSR count). The van der Waals surface area contributed by atoms with E-state index < -0.39 is 0 Å². The molecule has 104 valence electrons. The van der Waals surface area contributed by atoms with Crippen molar-refractivity contribution in [2.45, 2.75) is 26.4 Å². The Morgan fingerprint density at radius 2 is 2.15 bits per heavy atom. The van der Waals surface area contributed by atoms with Crippen LogP contribution in [-0.2, 0) is 19.5 Å². The number of fused-ring (bicyclic) bond motifs is 1. The highest BCUT2D eigenvalue weighted by Gasteiger charge is 2.16. The Morgan fingerprint density at radius 3 is 3.00 bits per heavy atom. The van der Waals surface area contributed by atoms with Gasteiger partial charge in [-0.3, -0.25) is 4.98 Å². The van der Waals surface area contributed by atoms with Crippen molar-refractivity contribution in [3.8, 4) is 5.75 Å². The van der Waals surface area contributed by atoms with Crippen LogP contribution in [0.3, 0.4) is 0 Å². The molecule has 20 heavy (non-hydrogen) atoms. The summed E-state index contributed by atoms with van der Waals surface area (Å²) >= 11 is 3.57. The third-order valence-corrected chi connectivity index (χ3v) is 3.86. The predicted molar refractivity (Wildman–Crippen MR) is 82.9 cm³/mol. The molecule has 0 bridgehead atoms. The molecule has 0 saturated heterocycles. The van der Waals surface area contributed by atoms with Gasteiger partial charge in [-0.15, -0.1) is 0 Å². The normalized spacial score (nSPS) is 13.1. The number of hydrogen-bond acceptors (Lipinski definition) is 3. The zero-order valence-corrected chi connectivity index (χ0v) is 13.0. The van der Waals surface area contributed by atoms with Gasteiger partial charge in [-0.2, -0.15) is 0 Å². The molecule has 1 aliphatic heterocycles. The van der Waals surface area contributed by atoms with Crippen LogP contribution in [-0.4, -0.2) is 11.6 Å². The topological polar surface area (TPSA) is 34.2 Å². The van der Waals surface area contributed by atoms with E-state index >= 15 is 0 Å². The second kappa shape index (κ2) is 5.94. The molecule has 1 N–H and O–H groups in total. The minimum absolute atomic E-state index is 0.792. The van der Waals surface area contributed by atoms with Crippen LogP contribution in [0.1, 0.15) is 22.3 Å². The standard InChI is InChI=1S/C16H17BrN2O/c1-11-4-12(8-18-7-11)9-19-10-14-6-15(17)5-13-2-3-20-16(13)14/h4-8,19H,2-3,9-10H2,1H3. The van der Waals surface area contributed by atoms with Crippen molar-refractivity contribution in [3.63, 3.8) is 0 Å². The Bertz CT molecular complexity index is 628. The van der Waals surface area contributed by atoms with Gasteiger partial charge in [-0.05, 0) is 35.7 Å². The Balaban J connectivity index is 1.67.